The molecular formula is C14H11Cl2NO3. The largest absolute Gasteiger partial charge is 0.461 e. The highest BCUT2D eigenvalue weighted by Gasteiger charge is 2.06. The van der Waals surface area contributed by atoms with Crippen LogP contribution in [0.15, 0.2) is 46.2 Å². The Morgan fingerprint density at radius 3 is 2.90 bits per heavy atom. The second-order valence-electron chi connectivity index (χ2n) is 3.90. The van der Waals surface area contributed by atoms with Crippen molar-refractivity contribution >= 4 is 35.2 Å². The van der Waals surface area contributed by atoms with Crippen LogP contribution in [-0.2, 0) is 11.4 Å². The third-order valence-electron chi connectivity index (χ3n) is 2.46. The summed E-state index contributed by atoms with van der Waals surface area (Å²) in [6, 6.07) is 8.37. The van der Waals surface area contributed by atoms with E-state index in [1.165, 1.54) is 12.5 Å². The van der Waals surface area contributed by atoms with Crippen molar-refractivity contribution < 1.29 is 14.0 Å². The van der Waals surface area contributed by atoms with E-state index in [4.69, 9.17) is 32.5 Å². The molecule has 0 aliphatic heterocycles. The lowest BCUT2D eigenvalue weighted by atomic mass is 10.2. The van der Waals surface area contributed by atoms with Gasteiger partial charge in [0.05, 0.1) is 18.9 Å². The molecule has 0 fully saturated rings. The van der Waals surface area contributed by atoms with E-state index >= 15 is 0 Å². The van der Waals surface area contributed by atoms with Gasteiger partial charge in [0, 0.05) is 15.6 Å². The quantitative estimate of drug-likeness (QED) is 0.452. The van der Waals surface area contributed by atoms with Gasteiger partial charge in [0.25, 0.3) is 0 Å². The van der Waals surface area contributed by atoms with Gasteiger partial charge in [-0.1, -0.05) is 34.4 Å². The zero-order chi connectivity index (χ0) is 14.4. The van der Waals surface area contributed by atoms with Crippen LogP contribution in [0, 0.1) is 0 Å². The fourth-order valence-corrected chi connectivity index (χ4v) is 1.92. The third kappa shape index (κ3) is 4.11. The van der Waals surface area contributed by atoms with E-state index in [1.807, 2.05) is 0 Å². The summed E-state index contributed by atoms with van der Waals surface area (Å²) in [5, 5.41) is 4.78. The lowest BCUT2D eigenvalue weighted by Gasteiger charge is -2.02. The summed E-state index contributed by atoms with van der Waals surface area (Å²) < 4.78 is 4.97. The summed E-state index contributed by atoms with van der Waals surface area (Å²) in [5.41, 5.74) is 0.769. The first-order valence-electron chi connectivity index (χ1n) is 5.81. The predicted molar refractivity (Wildman–Crippen MR) is 77.4 cm³/mol. The van der Waals surface area contributed by atoms with Gasteiger partial charge in [0.1, 0.15) is 6.61 Å². The Hall–Kier alpha value is -1.78. The number of hydrogen-bond acceptors (Lipinski definition) is 4. The Morgan fingerprint density at radius 1 is 1.35 bits per heavy atom. The number of furan rings is 1. The van der Waals surface area contributed by atoms with Crippen molar-refractivity contribution in [3.05, 3.63) is 58.0 Å². The topological polar surface area (TPSA) is 51.8 Å². The summed E-state index contributed by atoms with van der Waals surface area (Å²) in [4.78, 5) is 16.6. The average molecular weight is 312 g/mol. The first kappa shape index (κ1) is 14.6. The number of rotatable bonds is 6. The molecule has 0 saturated carbocycles. The molecule has 0 aliphatic carbocycles. The highest BCUT2D eigenvalue weighted by molar-refractivity contribution is 6.35. The molecule has 1 aromatic carbocycles. The van der Waals surface area contributed by atoms with E-state index < -0.39 is 0 Å². The molecule has 20 heavy (non-hydrogen) atoms. The van der Waals surface area contributed by atoms with E-state index in [-0.39, 0.29) is 18.8 Å². The van der Waals surface area contributed by atoms with Crippen LogP contribution in [0.25, 0.3) is 0 Å². The number of nitrogens with zero attached hydrogens (tertiary/aromatic N) is 1. The summed E-state index contributed by atoms with van der Waals surface area (Å²) >= 11 is 11.8. The molecule has 4 nitrogen and oxygen atoms in total. The highest BCUT2D eigenvalue weighted by Crippen LogP contribution is 2.21. The first-order chi connectivity index (χ1) is 9.66. The van der Waals surface area contributed by atoms with Crippen LogP contribution in [0.1, 0.15) is 22.5 Å². The molecule has 0 bridgehead atoms. The van der Waals surface area contributed by atoms with Gasteiger partial charge in [-0.05, 0) is 24.3 Å². The molecule has 1 aromatic heterocycles. The standard InChI is InChI=1S/C14H11Cl2NO3/c15-11-4-3-10(12(16)8-11)9-20-17-6-5-13(18)14-2-1-7-19-14/h1-4,6-8H,5,9H2/b17-6+. The summed E-state index contributed by atoms with van der Waals surface area (Å²) in [5.74, 6) is 0.143. The van der Waals surface area contributed by atoms with Crippen LogP contribution >= 0.6 is 23.2 Å². The lowest BCUT2D eigenvalue weighted by molar-refractivity contribution is 0.0970. The second kappa shape index (κ2) is 7.12. The molecule has 2 rings (SSSR count). The van der Waals surface area contributed by atoms with Gasteiger partial charge in [0.2, 0.25) is 5.78 Å². The first-order valence-corrected chi connectivity index (χ1v) is 6.57. The van der Waals surface area contributed by atoms with Crippen molar-refractivity contribution in [1.29, 1.82) is 0 Å². The third-order valence-corrected chi connectivity index (χ3v) is 3.04. The van der Waals surface area contributed by atoms with Crippen molar-refractivity contribution in [3.8, 4) is 0 Å². The predicted octanol–water partition coefficient (Wildman–Crippen LogP) is 4.36. The molecule has 0 radical (unpaired) electrons. The minimum Gasteiger partial charge on any atom is -0.461 e. The van der Waals surface area contributed by atoms with E-state index in [0.29, 0.717) is 15.8 Å². The fraction of sp³-hybridized carbons (Fsp3) is 0.143. The van der Waals surface area contributed by atoms with E-state index in [2.05, 4.69) is 5.16 Å². The molecule has 0 amide bonds. The molecule has 104 valence electrons. The van der Waals surface area contributed by atoms with Crippen molar-refractivity contribution in [1.82, 2.24) is 0 Å². The van der Waals surface area contributed by atoms with Gasteiger partial charge >= 0.3 is 0 Å². The number of carbonyl (C=O) groups is 1. The number of benzene rings is 1. The van der Waals surface area contributed by atoms with Gasteiger partial charge in [-0.3, -0.25) is 4.79 Å². The van der Waals surface area contributed by atoms with Crippen molar-refractivity contribution in [3.63, 3.8) is 0 Å². The zero-order valence-corrected chi connectivity index (χ0v) is 11.9. The molecule has 0 unspecified atom stereocenters. The maximum atomic E-state index is 11.6. The Bertz CT molecular complexity index is 609. The Kier molecular flexibility index (Phi) is 5.21. The number of Topliss-reactive ketones (excluding diaryl/α,β-unsaturated/α-hetero) is 1. The van der Waals surface area contributed by atoms with Gasteiger partial charge in [-0.15, -0.1) is 0 Å². The molecule has 1 heterocycles. The van der Waals surface area contributed by atoms with Crippen LogP contribution in [-0.4, -0.2) is 12.0 Å². The normalized spacial score (nSPS) is 10.9. The van der Waals surface area contributed by atoms with E-state index in [0.717, 1.165) is 5.56 Å². The van der Waals surface area contributed by atoms with Crippen molar-refractivity contribution in [2.45, 2.75) is 13.0 Å². The maximum absolute atomic E-state index is 11.6. The molecule has 0 atom stereocenters. The number of oxime groups is 1. The number of carbonyl (C=O) groups excluding carboxylic acids is 1. The van der Waals surface area contributed by atoms with Crippen LogP contribution < -0.4 is 0 Å². The molecular weight excluding hydrogens is 301 g/mol. The van der Waals surface area contributed by atoms with E-state index in [9.17, 15) is 4.79 Å². The summed E-state index contributed by atoms with van der Waals surface area (Å²) in [6.45, 7) is 0.210. The number of ketones is 1. The summed E-state index contributed by atoms with van der Waals surface area (Å²) in [6.07, 6.45) is 2.94. The number of halogens is 2. The lowest BCUT2D eigenvalue weighted by Crippen LogP contribution is -1.98. The smallest absolute Gasteiger partial charge is 0.203 e. The number of hydrogen-bond donors (Lipinski definition) is 0. The molecule has 0 saturated heterocycles. The zero-order valence-electron chi connectivity index (χ0n) is 10.4. The van der Waals surface area contributed by atoms with Crippen molar-refractivity contribution in [2.24, 2.45) is 5.16 Å². The fourth-order valence-electron chi connectivity index (χ4n) is 1.46. The van der Waals surface area contributed by atoms with Gasteiger partial charge in [0.15, 0.2) is 5.76 Å². The van der Waals surface area contributed by atoms with Gasteiger partial charge in [-0.2, -0.15) is 0 Å². The molecule has 0 N–H and O–H groups in total. The van der Waals surface area contributed by atoms with E-state index in [1.54, 1.807) is 30.3 Å². The SMILES string of the molecule is O=C(C/C=N/OCc1ccc(Cl)cc1Cl)c1ccco1. The Balaban J connectivity index is 1.78. The van der Waals surface area contributed by atoms with Crippen LogP contribution in [0.2, 0.25) is 10.0 Å². The van der Waals surface area contributed by atoms with Crippen LogP contribution in [0.5, 0.6) is 0 Å². The minimum absolute atomic E-state index is 0.113. The highest BCUT2D eigenvalue weighted by atomic mass is 35.5. The molecule has 2 aromatic rings. The summed E-state index contributed by atoms with van der Waals surface area (Å²) in [7, 11) is 0. The Morgan fingerprint density at radius 2 is 2.20 bits per heavy atom. The van der Waals surface area contributed by atoms with Gasteiger partial charge < -0.3 is 9.25 Å². The average Bonchev–Trinajstić information content (AvgIpc) is 2.94. The van der Waals surface area contributed by atoms with Crippen LogP contribution in [0.3, 0.4) is 0 Å². The molecule has 0 spiro atoms. The second-order valence-corrected chi connectivity index (χ2v) is 4.75. The molecule has 6 heteroatoms. The maximum Gasteiger partial charge on any atom is 0.203 e. The Labute approximate surface area is 125 Å². The van der Waals surface area contributed by atoms with Crippen molar-refractivity contribution in [2.75, 3.05) is 0 Å². The minimum atomic E-state index is -0.160. The van der Waals surface area contributed by atoms with Crippen LogP contribution in [0.4, 0.5) is 0 Å². The monoisotopic (exact) mass is 311 g/mol. The molecule has 0 aliphatic rings. The van der Waals surface area contributed by atoms with Gasteiger partial charge in [-0.25, -0.2) is 0 Å².